The fourth-order valence-corrected chi connectivity index (χ4v) is 5.73. The number of nitrogens with one attached hydrogen (secondary N) is 1. The molecule has 0 saturated carbocycles. The molecule has 7 nitrogen and oxygen atoms in total. The molecule has 0 spiro atoms. The quantitative estimate of drug-likeness (QED) is 0.403. The van der Waals surface area contributed by atoms with Crippen molar-refractivity contribution in [2.75, 3.05) is 17.4 Å². The van der Waals surface area contributed by atoms with E-state index >= 15 is 0 Å². The van der Waals surface area contributed by atoms with Crippen LogP contribution in [0.1, 0.15) is 30.5 Å². The van der Waals surface area contributed by atoms with Gasteiger partial charge in [0.1, 0.15) is 12.6 Å². The first-order valence-corrected chi connectivity index (χ1v) is 13.8. The maximum Gasteiger partial charge on any atom is 0.264 e. The summed E-state index contributed by atoms with van der Waals surface area (Å²) in [7, 11) is -4.11. The third-order valence-electron chi connectivity index (χ3n) is 6.16. The molecule has 0 fully saturated rings. The van der Waals surface area contributed by atoms with Gasteiger partial charge in [0.05, 0.1) is 10.6 Å². The molecule has 0 bridgehead atoms. The minimum absolute atomic E-state index is 0.0550. The van der Waals surface area contributed by atoms with Gasteiger partial charge in [0, 0.05) is 18.1 Å². The molecule has 1 atom stereocenters. The van der Waals surface area contributed by atoms with Crippen LogP contribution in [-0.2, 0) is 26.2 Å². The minimum Gasteiger partial charge on any atom is -0.355 e. The number of rotatable bonds is 10. The molecule has 0 aliphatic rings. The van der Waals surface area contributed by atoms with Crippen LogP contribution in [0.15, 0.2) is 77.7 Å². The van der Waals surface area contributed by atoms with Gasteiger partial charge in [-0.3, -0.25) is 13.9 Å². The highest BCUT2D eigenvalue weighted by molar-refractivity contribution is 7.92. The number of hydrogen-bond acceptors (Lipinski definition) is 4. The van der Waals surface area contributed by atoms with Crippen molar-refractivity contribution in [3.8, 4) is 0 Å². The van der Waals surface area contributed by atoms with Crippen LogP contribution in [-0.4, -0.2) is 44.3 Å². The van der Waals surface area contributed by atoms with Crippen molar-refractivity contribution >= 4 is 39.1 Å². The molecule has 37 heavy (non-hydrogen) atoms. The van der Waals surface area contributed by atoms with Gasteiger partial charge < -0.3 is 10.2 Å². The van der Waals surface area contributed by atoms with Crippen molar-refractivity contribution in [1.29, 1.82) is 0 Å². The number of nitrogens with zero attached hydrogens (tertiary/aromatic N) is 2. The summed E-state index contributed by atoms with van der Waals surface area (Å²) in [6, 6.07) is 19.5. The van der Waals surface area contributed by atoms with Crippen LogP contribution < -0.4 is 9.62 Å². The number of anilines is 1. The Bertz CT molecular complexity index is 1360. The normalized spacial score (nSPS) is 12.0. The molecule has 0 radical (unpaired) electrons. The first kappa shape index (κ1) is 28.2. The zero-order chi connectivity index (χ0) is 27.2. The first-order chi connectivity index (χ1) is 17.6. The largest absolute Gasteiger partial charge is 0.355 e. The van der Waals surface area contributed by atoms with Crippen molar-refractivity contribution in [1.82, 2.24) is 10.2 Å². The molecule has 3 aromatic rings. The maximum atomic E-state index is 13.9. The van der Waals surface area contributed by atoms with E-state index in [1.807, 2.05) is 31.2 Å². The number of carbonyl (C=O) groups excluding carboxylic acids is 2. The molecule has 0 aliphatic carbocycles. The second kappa shape index (κ2) is 12.3. The Kier molecular flexibility index (Phi) is 9.34. The molecule has 3 aromatic carbocycles. The monoisotopic (exact) mass is 541 g/mol. The Morgan fingerprint density at radius 3 is 2.22 bits per heavy atom. The minimum atomic E-state index is -4.11. The highest BCUT2D eigenvalue weighted by Crippen LogP contribution is 2.29. The van der Waals surface area contributed by atoms with Gasteiger partial charge in [-0.2, -0.15) is 0 Å². The third kappa shape index (κ3) is 6.70. The summed E-state index contributed by atoms with van der Waals surface area (Å²) in [4.78, 5) is 28.1. The Labute approximate surface area is 224 Å². The molecular weight excluding hydrogens is 510 g/mol. The number of carbonyl (C=O) groups is 2. The molecule has 0 heterocycles. The molecule has 0 saturated heterocycles. The van der Waals surface area contributed by atoms with Gasteiger partial charge in [-0.05, 0) is 74.7 Å². The highest BCUT2D eigenvalue weighted by atomic mass is 35.5. The van der Waals surface area contributed by atoms with E-state index in [-0.39, 0.29) is 17.3 Å². The van der Waals surface area contributed by atoms with Crippen molar-refractivity contribution < 1.29 is 18.0 Å². The van der Waals surface area contributed by atoms with E-state index in [1.165, 1.54) is 17.0 Å². The summed E-state index contributed by atoms with van der Waals surface area (Å²) >= 11 is 6.13. The smallest absolute Gasteiger partial charge is 0.264 e. The van der Waals surface area contributed by atoms with E-state index in [0.717, 1.165) is 15.4 Å². The molecule has 9 heteroatoms. The van der Waals surface area contributed by atoms with Crippen LogP contribution >= 0.6 is 11.6 Å². The molecule has 3 rings (SSSR count). The molecule has 0 aliphatic heterocycles. The van der Waals surface area contributed by atoms with Crippen molar-refractivity contribution in [3.63, 3.8) is 0 Å². The summed E-state index contributed by atoms with van der Waals surface area (Å²) in [5, 5.41) is 3.21. The van der Waals surface area contributed by atoms with Gasteiger partial charge >= 0.3 is 0 Å². The zero-order valence-corrected chi connectivity index (χ0v) is 23.0. The Morgan fingerprint density at radius 1 is 0.946 bits per heavy atom. The molecular formula is C28H32ClN3O4S. The molecule has 1 N–H and O–H groups in total. The van der Waals surface area contributed by atoms with E-state index in [0.29, 0.717) is 22.8 Å². The number of amides is 2. The van der Waals surface area contributed by atoms with Crippen molar-refractivity contribution in [2.24, 2.45) is 0 Å². The van der Waals surface area contributed by atoms with E-state index in [1.54, 1.807) is 57.2 Å². The van der Waals surface area contributed by atoms with E-state index in [2.05, 4.69) is 5.32 Å². The lowest BCUT2D eigenvalue weighted by atomic mass is 10.1. The number of aryl methyl sites for hydroxylation is 2. The van der Waals surface area contributed by atoms with Crippen LogP contribution in [0.5, 0.6) is 0 Å². The van der Waals surface area contributed by atoms with Crippen LogP contribution in [0.25, 0.3) is 0 Å². The highest BCUT2D eigenvalue weighted by Gasteiger charge is 2.33. The number of hydrogen-bond donors (Lipinski definition) is 1. The van der Waals surface area contributed by atoms with Gasteiger partial charge in [-0.1, -0.05) is 54.1 Å². The van der Waals surface area contributed by atoms with Gasteiger partial charge in [0.2, 0.25) is 11.8 Å². The number of likely N-dealkylation sites (N-methyl/N-ethyl adjacent to an activating group) is 1. The second-order valence-electron chi connectivity index (χ2n) is 8.77. The Morgan fingerprint density at radius 2 is 1.59 bits per heavy atom. The van der Waals surface area contributed by atoms with E-state index in [9.17, 15) is 18.0 Å². The molecule has 2 amide bonds. The first-order valence-electron chi connectivity index (χ1n) is 12.0. The zero-order valence-electron chi connectivity index (χ0n) is 21.4. The van der Waals surface area contributed by atoms with E-state index in [4.69, 9.17) is 11.6 Å². The van der Waals surface area contributed by atoms with E-state index < -0.39 is 28.5 Å². The second-order valence-corrected chi connectivity index (χ2v) is 11.1. The van der Waals surface area contributed by atoms with Gasteiger partial charge in [-0.25, -0.2) is 8.42 Å². The van der Waals surface area contributed by atoms with Crippen LogP contribution in [0.3, 0.4) is 0 Å². The van der Waals surface area contributed by atoms with Crippen LogP contribution in [0, 0.1) is 13.8 Å². The standard InChI is InChI=1S/C28H32ClN3O4S/c1-5-30-28(34)22(4)31(18-23-12-10-9-11-20(23)2)27(33)19-32(26-16-15-24(29)17-21(26)3)37(35,36)25-13-7-6-8-14-25/h6-17,22H,5,18-19H2,1-4H3,(H,30,34)/t22-/m0/s1. The Balaban J connectivity index is 2.07. The number of benzene rings is 3. The lowest BCUT2D eigenvalue weighted by Gasteiger charge is -2.32. The van der Waals surface area contributed by atoms with Gasteiger partial charge in [0.15, 0.2) is 0 Å². The number of halogens is 1. The molecule has 0 aromatic heterocycles. The van der Waals surface area contributed by atoms with Crippen LogP contribution in [0.2, 0.25) is 5.02 Å². The average molecular weight is 542 g/mol. The predicted molar refractivity (Wildman–Crippen MR) is 147 cm³/mol. The average Bonchev–Trinajstić information content (AvgIpc) is 2.87. The lowest BCUT2D eigenvalue weighted by Crippen LogP contribution is -2.51. The van der Waals surface area contributed by atoms with Gasteiger partial charge in [-0.15, -0.1) is 0 Å². The fourth-order valence-electron chi connectivity index (χ4n) is 4.01. The summed E-state index contributed by atoms with van der Waals surface area (Å²) in [6.07, 6.45) is 0. The summed E-state index contributed by atoms with van der Waals surface area (Å²) in [5.41, 5.74) is 2.77. The van der Waals surface area contributed by atoms with Gasteiger partial charge in [0.25, 0.3) is 10.0 Å². The van der Waals surface area contributed by atoms with Crippen LogP contribution in [0.4, 0.5) is 5.69 Å². The summed E-state index contributed by atoms with van der Waals surface area (Å²) in [5.74, 6) is -0.819. The third-order valence-corrected chi connectivity index (χ3v) is 8.17. The van der Waals surface area contributed by atoms with Crippen molar-refractivity contribution in [3.05, 3.63) is 94.5 Å². The molecule has 0 unspecified atom stereocenters. The predicted octanol–water partition coefficient (Wildman–Crippen LogP) is 4.71. The maximum absolute atomic E-state index is 13.9. The topological polar surface area (TPSA) is 86.8 Å². The van der Waals surface area contributed by atoms with Crippen molar-refractivity contribution in [2.45, 2.75) is 45.2 Å². The molecule has 196 valence electrons. The summed E-state index contributed by atoms with van der Waals surface area (Å²) < 4.78 is 28.7. The summed E-state index contributed by atoms with van der Waals surface area (Å²) in [6.45, 7) is 7.19. The SMILES string of the molecule is CCNC(=O)[C@H](C)N(Cc1ccccc1C)C(=O)CN(c1ccc(Cl)cc1C)S(=O)(=O)c1ccccc1. The fraction of sp³-hybridized carbons (Fsp3) is 0.286. The lowest BCUT2D eigenvalue weighted by molar-refractivity contribution is -0.139. The number of sulfonamides is 1. The Hall–Kier alpha value is -3.36.